The van der Waals surface area contributed by atoms with Crippen molar-refractivity contribution in [2.75, 3.05) is 11.5 Å². The highest BCUT2D eigenvalue weighted by atomic mass is 127. The van der Waals surface area contributed by atoms with E-state index in [2.05, 4.69) is 29.5 Å². The number of carbonyl (C=O) groups excluding carboxylic acids is 1. The molecule has 0 radical (unpaired) electrons. The first-order valence-electron chi connectivity index (χ1n) is 10.6. The Morgan fingerprint density at radius 1 is 1.26 bits per heavy atom. The molecule has 1 aliphatic rings. The maximum absolute atomic E-state index is 12.5. The van der Waals surface area contributed by atoms with Gasteiger partial charge in [-0.05, 0) is 71.7 Å². The summed E-state index contributed by atoms with van der Waals surface area (Å²) in [5.74, 6) is -0.866. The molecule has 1 saturated heterocycles. The Morgan fingerprint density at radius 3 is 2.65 bits per heavy atom. The molecule has 3 rings (SSSR count). The minimum absolute atomic E-state index is 0.0553. The average molecular weight is 557 g/mol. The van der Waals surface area contributed by atoms with Crippen LogP contribution in [-0.4, -0.2) is 34.7 Å². The van der Waals surface area contributed by atoms with Crippen molar-refractivity contribution in [2.45, 2.75) is 61.7 Å². The molecule has 1 unspecified atom stereocenters. The van der Waals surface area contributed by atoms with Gasteiger partial charge < -0.3 is 19.8 Å². The number of hydrogen-bond donors (Lipinski definition) is 2. The first kappa shape index (κ1) is 24.2. The number of alkyl halides is 1. The molecule has 2 aromatic rings. The molecule has 8 heteroatoms. The molecule has 1 aliphatic heterocycles. The highest BCUT2D eigenvalue weighted by molar-refractivity contribution is 14.1. The number of hydrogen-bond acceptors (Lipinski definition) is 5. The number of ether oxygens (including phenoxy) is 1. The van der Waals surface area contributed by atoms with Gasteiger partial charge in [0.2, 0.25) is 5.91 Å². The van der Waals surface area contributed by atoms with Crippen molar-refractivity contribution >= 4 is 51.5 Å². The van der Waals surface area contributed by atoms with Gasteiger partial charge in [-0.25, -0.2) is 4.79 Å². The lowest BCUT2D eigenvalue weighted by molar-refractivity contribution is -0.117. The number of aliphatic hydroxyl groups is 1. The molecule has 1 amide bonds. The van der Waals surface area contributed by atoms with Crippen LogP contribution in [0.25, 0.3) is 0 Å². The zero-order valence-corrected chi connectivity index (χ0v) is 20.5. The molecule has 0 aliphatic carbocycles. The monoisotopic (exact) mass is 557 g/mol. The average Bonchev–Trinajstić information content (AvgIpc) is 3.35. The zero-order chi connectivity index (χ0) is 22.4. The summed E-state index contributed by atoms with van der Waals surface area (Å²) in [6.07, 6.45) is 5.08. The fourth-order valence-electron chi connectivity index (χ4n) is 3.75. The molecule has 1 fully saturated rings. The molecule has 1 aromatic carbocycles. The Kier molecular flexibility index (Phi) is 8.49. The van der Waals surface area contributed by atoms with E-state index in [-0.39, 0.29) is 11.9 Å². The predicted molar refractivity (Wildman–Crippen MR) is 130 cm³/mol. The van der Waals surface area contributed by atoms with Gasteiger partial charge in [0, 0.05) is 17.0 Å². The zero-order valence-electron chi connectivity index (χ0n) is 17.6. The van der Waals surface area contributed by atoms with Crippen molar-refractivity contribution < 1.29 is 24.5 Å². The van der Waals surface area contributed by atoms with Crippen LogP contribution in [-0.2, 0) is 19.7 Å². The lowest BCUT2D eigenvalue weighted by Gasteiger charge is -2.26. The van der Waals surface area contributed by atoms with Crippen molar-refractivity contribution in [1.29, 1.82) is 0 Å². The summed E-state index contributed by atoms with van der Waals surface area (Å²) >= 11 is 3.30. The van der Waals surface area contributed by atoms with E-state index in [1.165, 1.54) is 11.3 Å². The molecule has 0 spiro atoms. The second kappa shape index (κ2) is 10.9. The number of carbonyl (C=O) groups is 2. The summed E-state index contributed by atoms with van der Waals surface area (Å²) < 4.78 is 4.91. The molecule has 0 bridgehead atoms. The van der Waals surface area contributed by atoms with Gasteiger partial charge in [-0.3, -0.25) is 4.79 Å². The summed E-state index contributed by atoms with van der Waals surface area (Å²) in [5, 5.41) is 19.8. The third kappa shape index (κ3) is 6.27. The number of halogens is 1. The molecule has 2 N–H and O–H groups in total. The van der Waals surface area contributed by atoms with Crippen molar-refractivity contribution in [3.63, 3.8) is 0 Å². The lowest BCUT2D eigenvalue weighted by atomic mass is 10.0. The number of thiophene rings is 1. The van der Waals surface area contributed by atoms with E-state index < -0.39 is 9.58 Å². The summed E-state index contributed by atoms with van der Waals surface area (Å²) in [4.78, 5) is 26.4. The van der Waals surface area contributed by atoms with Crippen LogP contribution in [0.15, 0.2) is 36.4 Å². The number of rotatable bonds is 11. The quantitative estimate of drug-likeness (QED) is 0.222. The highest BCUT2D eigenvalue weighted by Crippen LogP contribution is 2.36. The van der Waals surface area contributed by atoms with Crippen LogP contribution < -0.4 is 4.90 Å². The van der Waals surface area contributed by atoms with Crippen LogP contribution in [0.1, 0.15) is 65.6 Å². The summed E-state index contributed by atoms with van der Waals surface area (Å²) in [7, 11) is 0. The van der Waals surface area contributed by atoms with Crippen molar-refractivity contribution in [1.82, 2.24) is 0 Å². The van der Waals surface area contributed by atoms with Gasteiger partial charge in [0.05, 0.1) is 19.3 Å². The molecule has 31 heavy (non-hydrogen) atoms. The van der Waals surface area contributed by atoms with Gasteiger partial charge in [0.1, 0.15) is 8.48 Å². The van der Waals surface area contributed by atoms with E-state index in [0.717, 1.165) is 41.8 Å². The van der Waals surface area contributed by atoms with Crippen LogP contribution >= 0.6 is 33.9 Å². The molecule has 2 atom stereocenters. The highest BCUT2D eigenvalue weighted by Gasteiger charge is 2.33. The Morgan fingerprint density at radius 2 is 2.00 bits per heavy atom. The van der Waals surface area contributed by atoms with E-state index in [1.54, 1.807) is 17.0 Å². The van der Waals surface area contributed by atoms with E-state index in [0.29, 0.717) is 30.9 Å². The van der Waals surface area contributed by atoms with Crippen molar-refractivity contribution in [2.24, 2.45) is 0 Å². The second-order valence-corrected chi connectivity index (χ2v) is 10.8. The fraction of sp³-hybridized carbons (Fsp3) is 0.478. The van der Waals surface area contributed by atoms with E-state index in [4.69, 9.17) is 9.84 Å². The molecular formula is C23H28INO5S. The Bertz CT molecular complexity index is 896. The molecule has 2 heterocycles. The number of amides is 1. The van der Waals surface area contributed by atoms with Crippen LogP contribution in [0.4, 0.5) is 5.69 Å². The van der Waals surface area contributed by atoms with E-state index >= 15 is 0 Å². The standard InChI is InChI=1S/C23H28INO5S/c1-2-3-4-13-23(24,29)16-5-7-17(8-6-16)25-18(9-12-21(25)26)14-30-15-19-10-11-20(31-19)22(27)28/h5-8,10-11,18,29H,2-4,9,12-15H2,1H3,(H,27,28)/t18?,23-/m1/s1. The summed E-state index contributed by atoms with van der Waals surface area (Å²) in [6.45, 7) is 2.86. The summed E-state index contributed by atoms with van der Waals surface area (Å²) in [6, 6.07) is 10.9. The molecular weight excluding hydrogens is 529 g/mol. The number of unbranched alkanes of at least 4 members (excludes halogenated alkanes) is 2. The Labute approximate surface area is 200 Å². The number of carboxylic acids is 1. The van der Waals surface area contributed by atoms with Gasteiger partial charge in [-0.1, -0.05) is 31.9 Å². The van der Waals surface area contributed by atoms with Crippen LogP contribution in [0.5, 0.6) is 0 Å². The lowest BCUT2D eigenvalue weighted by Crippen LogP contribution is -2.36. The number of benzene rings is 1. The normalized spacial score (nSPS) is 18.4. The second-order valence-electron chi connectivity index (χ2n) is 7.81. The first-order valence-corrected chi connectivity index (χ1v) is 12.4. The maximum atomic E-state index is 12.5. The Hall–Kier alpha value is -1.49. The van der Waals surface area contributed by atoms with Crippen LogP contribution in [0.2, 0.25) is 0 Å². The van der Waals surface area contributed by atoms with Crippen LogP contribution in [0, 0.1) is 0 Å². The first-order chi connectivity index (χ1) is 14.8. The minimum atomic E-state index is -0.934. The molecule has 6 nitrogen and oxygen atoms in total. The van der Waals surface area contributed by atoms with Gasteiger partial charge >= 0.3 is 5.97 Å². The fourth-order valence-corrected chi connectivity index (χ4v) is 5.28. The maximum Gasteiger partial charge on any atom is 0.345 e. The Balaban J connectivity index is 1.60. The topological polar surface area (TPSA) is 87.1 Å². The number of nitrogens with zero attached hydrogens (tertiary/aromatic N) is 1. The van der Waals surface area contributed by atoms with Gasteiger partial charge in [-0.15, -0.1) is 11.3 Å². The van der Waals surface area contributed by atoms with Gasteiger partial charge in [0.25, 0.3) is 0 Å². The third-order valence-electron chi connectivity index (χ3n) is 5.45. The number of aromatic carboxylic acids is 1. The van der Waals surface area contributed by atoms with Crippen LogP contribution in [0.3, 0.4) is 0 Å². The minimum Gasteiger partial charge on any atom is -0.477 e. The van der Waals surface area contributed by atoms with Gasteiger partial charge in [0.15, 0.2) is 0 Å². The van der Waals surface area contributed by atoms with E-state index in [9.17, 15) is 14.7 Å². The number of anilines is 1. The number of carboxylic acid groups (broad SMARTS) is 1. The molecule has 168 valence electrons. The molecule has 1 aromatic heterocycles. The summed E-state index contributed by atoms with van der Waals surface area (Å²) in [5.41, 5.74) is 1.66. The largest absolute Gasteiger partial charge is 0.477 e. The van der Waals surface area contributed by atoms with Crippen molar-refractivity contribution in [3.05, 3.63) is 51.7 Å². The smallest absolute Gasteiger partial charge is 0.345 e. The molecule has 0 saturated carbocycles. The third-order valence-corrected chi connectivity index (χ3v) is 7.66. The van der Waals surface area contributed by atoms with E-state index in [1.807, 2.05) is 24.3 Å². The predicted octanol–water partition coefficient (Wildman–Crippen LogP) is 5.32. The SMILES string of the molecule is CCCCC[C@](O)(I)c1ccc(N2C(=O)CCC2COCc2ccc(C(=O)O)s2)cc1. The van der Waals surface area contributed by atoms with Crippen molar-refractivity contribution in [3.8, 4) is 0 Å². The van der Waals surface area contributed by atoms with Gasteiger partial charge in [-0.2, -0.15) is 0 Å².